The summed E-state index contributed by atoms with van der Waals surface area (Å²) in [6.45, 7) is 3.75. The Labute approximate surface area is 117 Å². The van der Waals surface area contributed by atoms with E-state index in [4.69, 9.17) is 9.84 Å². The molecular formula is C14H18N2O4. The minimum Gasteiger partial charge on any atom is -0.478 e. The Morgan fingerprint density at radius 2 is 2.25 bits per heavy atom. The molecule has 20 heavy (non-hydrogen) atoms. The number of nitrogens with one attached hydrogen (secondary N) is 1. The molecule has 1 heterocycles. The van der Waals surface area contributed by atoms with Gasteiger partial charge in [-0.2, -0.15) is 0 Å². The molecule has 0 aliphatic carbocycles. The van der Waals surface area contributed by atoms with Gasteiger partial charge in [0.25, 0.3) is 0 Å². The summed E-state index contributed by atoms with van der Waals surface area (Å²) < 4.78 is 5.48. The van der Waals surface area contributed by atoms with Gasteiger partial charge in [0.05, 0.1) is 11.7 Å². The lowest BCUT2D eigenvalue weighted by molar-refractivity contribution is 0.0696. The lowest BCUT2D eigenvalue weighted by atomic mass is 10.2. The number of hydrogen-bond donors (Lipinski definition) is 2. The van der Waals surface area contributed by atoms with Crippen LogP contribution in [0.2, 0.25) is 0 Å². The second kappa shape index (κ2) is 6.38. The Hall–Kier alpha value is -2.08. The zero-order chi connectivity index (χ0) is 14.5. The SMILES string of the molecule is CC1CN(C(=O)Nc2cccc(C(=O)O)c2)CCCO1. The van der Waals surface area contributed by atoms with Crippen molar-refractivity contribution in [3.05, 3.63) is 29.8 Å². The molecule has 2 amide bonds. The fourth-order valence-electron chi connectivity index (χ4n) is 2.11. The molecule has 0 spiro atoms. The van der Waals surface area contributed by atoms with Gasteiger partial charge in [-0.3, -0.25) is 0 Å². The monoisotopic (exact) mass is 278 g/mol. The molecule has 6 nitrogen and oxygen atoms in total. The molecule has 1 aromatic rings. The molecule has 0 bridgehead atoms. The minimum atomic E-state index is -1.02. The van der Waals surface area contributed by atoms with Crippen molar-refractivity contribution in [1.82, 2.24) is 4.90 Å². The lowest BCUT2D eigenvalue weighted by Gasteiger charge is -2.22. The molecule has 1 aromatic carbocycles. The summed E-state index contributed by atoms with van der Waals surface area (Å²) in [5.74, 6) is -1.02. The van der Waals surface area contributed by atoms with E-state index in [2.05, 4.69) is 5.32 Å². The summed E-state index contributed by atoms with van der Waals surface area (Å²) in [5, 5.41) is 11.6. The second-order valence-electron chi connectivity index (χ2n) is 4.80. The van der Waals surface area contributed by atoms with Crippen LogP contribution in [-0.4, -0.2) is 47.8 Å². The first-order chi connectivity index (χ1) is 9.56. The van der Waals surface area contributed by atoms with E-state index < -0.39 is 5.97 Å². The smallest absolute Gasteiger partial charge is 0.335 e. The van der Waals surface area contributed by atoms with Crippen molar-refractivity contribution in [3.63, 3.8) is 0 Å². The maximum atomic E-state index is 12.2. The van der Waals surface area contributed by atoms with Crippen LogP contribution in [0.4, 0.5) is 10.5 Å². The van der Waals surface area contributed by atoms with Crippen LogP contribution in [0.25, 0.3) is 0 Å². The number of nitrogens with zero attached hydrogens (tertiary/aromatic N) is 1. The van der Waals surface area contributed by atoms with Gasteiger partial charge in [0.2, 0.25) is 0 Å². The Balaban J connectivity index is 2.03. The Kier molecular flexibility index (Phi) is 4.57. The largest absolute Gasteiger partial charge is 0.478 e. The highest BCUT2D eigenvalue weighted by molar-refractivity contribution is 5.93. The first-order valence-corrected chi connectivity index (χ1v) is 6.57. The number of anilines is 1. The molecule has 6 heteroatoms. The third-order valence-corrected chi connectivity index (χ3v) is 3.10. The number of aromatic carboxylic acids is 1. The highest BCUT2D eigenvalue weighted by Crippen LogP contribution is 2.13. The molecule has 1 fully saturated rings. The fraction of sp³-hybridized carbons (Fsp3) is 0.429. The van der Waals surface area contributed by atoms with Crippen LogP contribution >= 0.6 is 0 Å². The van der Waals surface area contributed by atoms with E-state index in [-0.39, 0.29) is 17.7 Å². The van der Waals surface area contributed by atoms with E-state index in [1.54, 1.807) is 17.0 Å². The van der Waals surface area contributed by atoms with Crippen molar-refractivity contribution in [2.75, 3.05) is 25.0 Å². The first-order valence-electron chi connectivity index (χ1n) is 6.57. The van der Waals surface area contributed by atoms with Crippen LogP contribution in [0.1, 0.15) is 23.7 Å². The molecule has 1 unspecified atom stereocenters. The highest BCUT2D eigenvalue weighted by atomic mass is 16.5. The van der Waals surface area contributed by atoms with Gasteiger partial charge in [-0.1, -0.05) is 6.07 Å². The summed E-state index contributed by atoms with van der Waals surface area (Å²) in [6.07, 6.45) is 0.807. The molecule has 1 atom stereocenters. The molecule has 0 saturated carbocycles. The van der Waals surface area contributed by atoms with Gasteiger partial charge < -0.3 is 20.1 Å². The maximum Gasteiger partial charge on any atom is 0.335 e. The Morgan fingerprint density at radius 3 is 3.00 bits per heavy atom. The van der Waals surface area contributed by atoms with Crippen LogP contribution in [0.15, 0.2) is 24.3 Å². The number of urea groups is 1. The normalized spacial score (nSPS) is 19.2. The second-order valence-corrected chi connectivity index (χ2v) is 4.80. The van der Waals surface area contributed by atoms with Crippen LogP contribution in [0, 0.1) is 0 Å². The topological polar surface area (TPSA) is 78.9 Å². The number of amides is 2. The summed E-state index contributed by atoms with van der Waals surface area (Å²) in [7, 11) is 0. The maximum absolute atomic E-state index is 12.2. The van der Waals surface area contributed by atoms with Crippen LogP contribution < -0.4 is 5.32 Å². The third-order valence-electron chi connectivity index (χ3n) is 3.10. The van der Waals surface area contributed by atoms with E-state index in [9.17, 15) is 9.59 Å². The van der Waals surface area contributed by atoms with Crippen molar-refractivity contribution >= 4 is 17.7 Å². The van der Waals surface area contributed by atoms with Gasteiger partial charge in [0, 0.05) is 25.4 Å². The summed E-state index contributed by atoms with van der Waals surface area (Å²) in [5.41, 5.74) is 0.628. The van der Waals surface area contributed by atoms with E-state index >= 15 is 0 Å². The molecular weight excluding hydrogens is 260 g/mol. The zero-order valence-corrected chi connectivity index (χ0v) is 11.3. The number of hydrogen-bond acceptors (Lipinski definition) is 3. The molecule has 0 radical (unpaired) electrons. The van der Waals surface area contributed by atoms with E-state index in [0.29, 0.717) is 25.4 Å². The number of carbonyl (C=O) groups is 2. The van der Waals surface area contributed by atoms with E-state index in [0.717, 1.165) is 6.42 Å². The van der Waals surface area contributed by atoms with Gasteiger partial charge in [0.15, 0.2) is 0 Å². The highest BCUT2D eigenvalue weighted by Gasteiger charge is 2.20. The zero-order valence-electron chi connectivity index (χ0n) is 11.3. The van der Waals surface area contributed by atoms with Crippen molar-refractivity contribution in [2.24, 2.45) is 0 Å². The number of carboxylic acids is 1. The number of carbonyl (C=O) groups excluding carboxylic acids is 1. The average molecular weight is 278 g/mol. The average Bonchev–Trinajstić information content (AvgIpc) is 2.63. The Bertz CT molecular complexity index is 504. The standard InChI is InChI=1S/C14H18N2O4/c1-10-9-16(6-3-7-20-10)14(19)15-12-5-2-4-11(8-12)13(17)18/h2,4-5,8,10H,3,6-7,9H2,1H3,(H,15,19)(H,17,18). The molecule has 108 valence electrons. The summed E-state index contributed by atoms with van der Waals surface area (Å²) in [6, 6.07) is 5.97. The van der Waals surface area contributed by atoms with Gasteiger partial charge in [-0.15, -0.1) is 0 Å². The van der Waals surface area contributed by atoms with Crippen molar-refractivity contribution in [3.8, 4) is 0 Å². The quantitative estimate of drug-likeness (QED) is 0.867. The van der Waals surface area contributed by atoms with E-state index in [1.807, 2.05) is 6.92 Å². The summed E-state index contributed by atoms with van der Waals surface area (Å²) in [4.78, 5) is 24.7. The van der Waals surface area contributed by atoms with Crippen molar-refractivity contribution in [1.29, 1.82) is 0 Å². The molecule has 2 N–H and O–H groups in total. The van der Waals surface area contributed by atoms with Gasteiger partial charge >= 0.3 is 12.0 Å². The lowest BCUT2D eigenvalue weighted by Crippen LogP contribution is -2.38. The van der Waals surface area contributed by atoms with E-state index in [1.165, 1.54) is 12.1 Å². The number of rotatable bonds is 2. The van der Waals surface area contributed by atoms with Crippen LogP contribution in [-0.2, 0) is 4.74 Å². The number of carboxylic acid groups (broad SMARTS) is 1. The molecule has 1 aliphatic rings. The van der Waals surface area contributed by atoms with Crippen LogP contribution in [0.3, 0.4) is 0 Å². The third kappa shape index (κ3) is 3.71. The molecule has 1 saturated heterocycles. The van der Waals surface area contributed by atoms with Crippen molar-refractivity contribution in [2.45, 2.75) is 19.4 Å². The number of ether oxygens (including phenoxy) is 1. The molecule has 0 aromatic heterocycles. The van der Waals surface area contributed by atoms with Crippen molar-refractivity contribution < 1.29 is 19.4 Å². The first kappa shape index (κ1) is 14.3. The fourth-order valence-corrected chi connectivity index (χ4v) is 2.11. The van der Waals surface area contributed by atoms with Gasteiger partial charge in [-0.25, -0.2) is 9.59 Å². The van der Waals surface area contributed by atoms with Crippen LogP contribution in [0.5, 0.6) is 0 Å². The predicted molar refractivity (Wildman–Crippen MR) is 74.0 cm³/mol. The summed E-state index contributed by atoms with van der Waals surface area (Å²) >= 11 is 0. The van der Waals surface area contributed by atoms with Gasteiger partial charge in [0.1, 0.15) is 0 Å². The molecule has 2 rings (SSSR count). The Morgan fingerprint density at radius 1 is 1.45 bits per heavy atom. The molecule has 1 aliphatic heterocycles. The van der Waals surface area contributed by atoms with Gasteiger partial charge in [-0.05, 0) is 31.5 Å². The number of benzene rings is 1. The minimum absolute atomic E-state index is 0.00797. The predicted octanol–water partition coefficient (Wildman–Crippen LogP) is 2.03.